The van der Waals surface area contributed by atoms with Crippen LogP contribution in [0, 0.1) is 5.92 Å². The van der Waals surface area contributed by atoms with Crippen LogP contribution >= 0.6 is 15.9 Å². The van der Waals surface area contributed by atoms with Gasteiger partial charge in [0.25, 0.3) is 11.8 Å². The number of hydrazine groups is 1. The van der Waals surface area contributed by atoms with Crippen molar-refractivity contribution in [2.24, 2.45) is 5.92 Å². The second-order valence-corrected chi connectivity index (χ2v) is 6.75. The lowest BCUT2D eigenvalue weighted by molar-refractivity contribution is -0.150. The van der Waals surface area contributed by atoms with Gasteiger partial charge in [0.15, 0.2) is 0 Å². The molecule has 136 valence electrons. The van der Waals surface area contributed by atoms with Crippen LogP contribution in [0.15, 0.2) is 28.7 Å². The van der Waals surface area contributed by atoms with Gasteiger partial charge in [-0.3, -0.25) is 30.1 Å². The monoisotopic (exact) mass is 411 g/mol. The predicted molar refractivity (Wildman–Crippen MR) is 95.5 cm³/mol. The minimum absolute atomic E-state index is 0.122. The fourth-order valence-electron chi connectivity index (χ4n) is 2.69. The molecule has 2 rings (SSSR count). The van der Waals surface area contributed by atoms with E-state index < -0.39 is 0 Å². The number of carbonyl (C=O) groups excluding carboxylic acids is 3. The second-order valence-electron chi connectivity index (χ2n) is 5.84. The van der Waals surface area contributed by atoms with Crippen LogP contribution < -0.4 is 10.9 Å². The number of esters is 1. The molecule has 0 radical (unpaired) electrons. The number of likely N-dealkylation sites (tertiary alicyclic amines) is 1. The Hall–Kier alpha value is -1.93. The van der Waals surface area contributed by atoms with Crippen molar-refractivity contribution in [3.8, 4) is 0 Å². The summed E-state index contributed by atoms with van der Waals surface area (Å²) >= 11 is 3.30. The summed E-state index contributed by atoms with van der Waals surface area (Å²) < 4.78 is 5.91. The fourth-order valence-corrected chi connectivity index (χ4v) is 2.96. The van der Waals surface area contributed by atoms with Crippen LogP contribution in [-0.4, -0.2) is 48.9 Å². The third-order valence-electron chi connectivity index (χ3n) is 3.91. The summed E-state index contributed by atoms with van der Waals surface area (Å²) in [5, 5.41) is 0. The molecular weight excluding hydrogens is 390 g/mol. The van der Waals surface area contributed by atoms with E-state index in [1.165, 1.54) is 0 Å². The normalized spacial score (nSPS) is 17.6. The summed E-state index contributed by atoms with van der Waals surface area (Å²) in [5.74, 6) is -1.12. The molecule has 1 heterocycles. The Bertz CT molecular complexity index is 621. The van der Waals surface area contributed by atoms with Gasteiger partial charge in [0.1, 0.15) is 0 Å². The van der Waals surface area contributed by atoms with Gasteiger partial charge in [0.2, 0.25) is 0 Å². The highest BCUT2D eigenvalue weighted by atomic mass is 79.9. The van der Waals surface area contributed by atoms with Crippen LogP contribution in [0.3, 0.4) is 0 Å². The zero-order chi connectivity index (χ0) is 18.2. The van der Waals surface area contributed by atoms with Crippen molar-refractivity contribution in [2.75, 3.05) is 26.2 Å². The van der Waals surface area contributed by atoms with E-state index in [-0.39, 0.29) is 30.2 Å². The fraction of sp³-hybridized carbons (Fsp3) is 0.471. The number of ether oxygens (including phenoxy) is 1. The van der Waals surface area contributed by atoms with Gasteiger partial charge >= 0.3 is 5.97 Å². The van der Waals surface area contributed by atoms with E-state index in [0.717, 1.165) is 23.9 Å². The molecule has 8 heteroatoms. The molecule has 0 aliphatic carbocycles. The van der Waals surface area contributed by atoms with Crippen molar-refractivity contribution in [1.82, 2.24) is 15.8 Å². The second kappa shape index (κ2) is 9.53. The van der Waals surface area contributed by atoms with Gasteiger partial charge in [-0.15, -0.1) is 0 Å². The average Bonchev–Trinajstić information content (AvgIpc) is 2.61. The standard InChI is InChI=1S/C17H22BrN3O4/c1-2-25-17(24)13-4-3-9-21(10-13)11-15(22)19-20-16(23)12-5-7-14(18)8-6-12/h5-8,13H,2-4,9-11H2,1H3,(H,19,22)(H,20,23). The molecule has 1 aliphatic heterocycles. The zero-order valence-electron chi connectivity index (χ0n) is 14.1. The maximum absolute atomic E-state index is 12.0. The highest BCUT2D eigenvalue weighted by Gasteiger charge is 2.27. The first-order valence-corrected chi connectivity index (χ1v) is 9.02. The Balaban J connectivity index is 1.76. The molecule has 1 atom stereocenters. The van der Waals surface area contributed by atoms with Crippen LogP contribution in [0.1, 0.15) is 30.1 Å². The van der Waals surface area contributed by atoms with Gasteiger partial charge in [0.05, 0.1) is 19.1 Å². The number of piperidine rings is 1. The predicted octanol–water partition coefficient (Wildman–Crippen LogP) is 1.49. The van der Waals surface area contributed by atoms with Gasteiger partial charge in [-0.05, 0) is 50.6 Å². The zero-order valence-corrected chi connectivity index (χ0v) is 15.7. The Morgan fingerprint density at radius 1 is 1.24 bits per heavy atom. The van der Waals surface area contributed by atoms with Crippen LogP contribution in [0.4, 0.5) is 0 Å². The molecule has 0 saturated carbocycles. The summed E-state index contributed by atoms with van der Waals surface area (Å²) in [6.07, 6.45) is 1.61. The van der Waals surface area contributed by atoms with Crippen molar-refractivity contribution < 1.29 is 19.1 Å². The molecule has 1 aliphatic rings. The Kier molecular flexibility index (Phi) is 7.39. The lowest BCUT2D eigenvalue weighted by Gasteiger charge is -2.30. The van der Waals surface area contributed by atoms with Gasteiger partial charge in [-0.2, -0.15) is 0 Å². The van der Waals surface area contributed by atoms with Gasteiger partial charge in [-0.1, -0.05) is 15.9 Å². The smallest absolute Gasteiger partial charge is 0.310 e. The minimum atomic E-state index is -0.385. The summed E-state index contributed by atoms with van der Waals surface area (Å²) in [6, 6.07) is 6.81. The van der Waals surface area contributed by atoms with E-state index in [9.17, 15) is 14.4 Å². The number of halogens is 1. The first-order chi connectivity index (χ1) is 12.0. The number of carbonyl (C=O) groups is 3. The first-order valence-electron chi connectivity index (χ1n) is 8.23. The quantitative estimate of drug-likeness (QED) is 0.565. The molecule has 1 saturated heterocycles. The van der Waals surface area contributed by atoms with Crippen LogP contribution in [0.25, 0.3) is 0 Å². The molecule has 25 heavy (non-hydrogen) atoms. The van der Waals surface area contributed by atoms with Crippen molar-refractivity contribution in [3.63, 3.8) is 0 Å². The van der Waals surface area contributed by atoms with E-state index >= 15 is 0 Å². The highest BCUT2D eigenvalue weighted by Crippen LogP contribution is 2.17. The molecule has 0 bridgehead atoms. The van der Waals surface area contributed by atoms with Gasteiger partial charge in [0, 0.05) is 16.6 Å². The number of rotatable bonds is 5. The minimum Gasteiger partial charge on any atom is -0.466 e. The number of hydrogen-bond acceptors (Lipinski definition) is 5. The maximum Gasteiger partial charge on any atom is 0.310 e. The summed E-state index contributed by atoms with van der Waals surface area (Å²) in [4.78, 5) is 37.7. The first kappa shape index (κ1) is 19.4. The van der Waals surface area contributed by atoms with Crippen molar-refractivity contribution in [2.45, 2.75) is 19.8 Å². The number of hydrogen-bond donors (Lipinski definition) is 2. The van der Waals surface area contributed by atoms with Crippen molar-refractivity contribution in [1.29, 1.82) is 0 Å². The Labute approximate surface area is 155 Å². The SMILES string of the molecule is CCOC(=O)C1CCCN(CC(=O)NNC(=O)c2ccc(Br)cc2)C1. The largest absolute Gasteiger partial charge is 0.466 e. The average molecular weight is 412 g/mol. The lowest BCUT2D eigenvalue weighted by atomic mass is 9.98. The van der Waals surface area contributed by atoms with E-state index in [1.807, 2.05) is 4.90 Å². The van der Waals surface area contributed by atoms with Crippen molar-refractivity contribution in [3.05, 3.63) is 34.3 Å². The molecule has 1 fully saturated rings. The summed E-state index contributed by atoms with van der Waals surface area (Å²) in [6.45, 7) is 3.49. The van der Waals surface area contributed by atoms with E-state index in [2.05, 4.69) is 26.8 Å². The Morgan fingerprint density at radius 2 is 1.96 bits per heavy atom. The molecule has 1 unspecified atom stereocenters. The van der Waals surface area contributed by atoms with E-state index in [1.54, 1.807) is 31.2 Å². The number of amides is 2. The van der Waals surface area contributed by atoms with Gasteiger partial charge < -0.3 is 4.74 Å². The van der Waals surface area contributed by atoms with E-state index in [0.29, 0.717) is 18.7 Å². The summed E-state index contributed by atoms with van der Waals surface area (Å²) in [5.41, 5.74) is 5.24. The van der Waals surface area contributed by atoms with Crippen LogP contribution in [0.2, 0.25) is 0 Å². The van der Waals surface area contributed by atoms with Gasteiger partial charge in [-0.25, -0.2) is 0 Å². The van der Waals surface area contributed by atoms with Crippen LogP contribution in [0.5, 0.6) is 0 Å². The highest BCUT2D eigenvalue weighted by molar-refractivity contribution is 9.10. The third-order valence-corrected chi connectivity index (χ3v) is 4.44. The molecule has 2 amide bonds. The Morgan fingerprint density at radius 3 is 2.64 bits per heavy atom. The van der Waals surface area contributed by atoms with Crippen molar-refractivity contribution >= 4 is 33.7 Å². The number of benzene rings is 1. The molecule has 0 spiro atoms. The molecular formula is C17H22BrN3O4. The van der Waals surface area contributed by atoms with E-state index in [4.69, 9.17) is 4.74 Å². The molecule has 1 aromatic rings. The maximum atomic E-state index is 12.0. The topological polar surface area (TPSA) is 87.7 Å². The van der Waals surface area contributed by atoms with Crippen LogP contribution in [-0.2, 0) is 14.3 Å². The number of nitrogens with zero attached hydrogens (tertiary/aromatic N) is 1. The molecule has 7 nitrogen and oxygen atoms in total. The molecule has 0 aromatic heterocycles. The molecule has 1 aromatic carbocycles. The third kappa shape index (κ3) is 6.13. The number of nitrogens with one attached hydrogen (secondary N) is 2. The lowest BCUT2D eigenvalue weighted by Crippen LogP contribution is -2.49. The summed E-state index contributed by atoms with van der Waals surface area (Å²) in [7, 11) is 0. The molecule has 2 N–H and O–H groups in total.